The van der Waals surface area contributed by atoms with Gasteiger partial charge in [0, 0.05) is 17.8 Å². The molecule has 0 unspecified atom stereocenters. The third-order valence-electron chi connectivity index (χ3n) is 3.13. The van der Waals surface area contributed by atoms with Gasteiger partial charge in [-0.1, -0.05) is 0 Å². The lowest BCUT2D eigenvalue weighted by Crippen LogP contribution is -2.25. The SMILES string of the molecule is CNCc1c(S(=O)(=O)NCc2nc(C)c(C)o2)n[nH]c1C. The lowest BCUT2D eigenvalue weighted by Gasteiger charge is -2.05. The van der Waals surface area contributed by atoms with Crippen molar-refractivity contribution in [3.05, 3.63) is 28.6 Å². The first-order valence-electron chi connectivity index (χ1n) is 6.46. The second-order valence-corrected chi connectivity index (χ2v) is 6.42. The molecule has 116 valence electrons. The average Bonchev–Trinajstić information content (AvgIpc) is 2.93. The van der Waals surface area contributed by atoms with E-state index in [1.807, 2.05) is 0 Å². The highest BCUT2D eigenvalue weighted by Crippen LogP contribution is 2.16. The third kappa shape index (κ3) is 3.31. The summed E-state index contributed by atoms with van der Waals surface area (Å²) in [6, 6.07) is 0. The summed E-state index contributed by atoms with van der Waals surface area (Å²) < 4.78 is 32.4. The molecule has 2 aromatic heterocycles. The van der Waals surface area contributed by atoms with Gasteiger partial charge in [-0.2, -0.15) is 5.10 Å². The number of oxazole rings is 1. The van der Waals surface area contributed by atoms with Crippen LogP contribution in [0.4, 0.5) is 0 Å². The second-order valence-electron chi connectivity index (χ2n) is 4.74. The molecule has 0 aliphatic rings. The first kappa shape index (κ1) is 15.7. The normalized spacial score (nSPS) is 12.0. The molecule has 2 aromatic rings. The minimum atomic E-state index is -3.73. The Hall–Kier alpha value is -1.71. The Kier molecular flexibility index (Phi) is 4.45. The highest BCUT2D eigenvalue weighted by Gasteiger charge is 2.23. The van der Waals surface area contributed by atoms with Crippen LogP contribution in [-0.4, -0.2) is 30.6 Å². The zero-order chi connectivity index (χ0) is 15.6. The molecule has 0 amide bonds. The van der Waals surface area contributed by atoms with Crippen LogP contribution in [0.1, 0.15) is 28.6 Å². The van der Waals surface area contributed by atoms with Gasteiger partial charge in [-0.3, -0.25) is 5.10 Å². The molecule has 0 radical (unpaired) electrons. The summed E-state index contributed by atoms with van der Waals surface area (Å²) in [4.78, 5) is 4.14. The molecule has 0 bridgehead atoms. The maximum Gasteiger partial charge on any atom is 0.260 e. The van der Waals surface area contributed by atoms with Gasteiger partial charge in [-0.25, -0.2) is 18.1 Å². The number of hydrogen-bond acceptors (Lipinski definition) is 6. The van der Waals surface area contributed by atoms with Gasteiger partial charge >= 0.3 is 0 Å². The van der Waals surface area contributed by atoms with E-state index in [0.29, 0.717) is 29.5 Å². The Bertz CT molecular complexity index is 713. The maximum absolute atomic E-state index is 12.3. The van der Waals surface area contributed by atoms with E-state index in [4.69, 9.17) is 4.42 Å². The number of nitrogens with one attached hydrogen (secondary N) is 3. The van der Waals surface area contributed by atoms with Crippen LogP contribution in [0.15, 0.2) is 9.44 Å². The van der Waals surface area contributed by atoms with Crippen molar-refractivity contribution in [1.82, 2.24) is 25.2 Å². The molecule has 0 aromatic carbocycles. The van der Waals surface area contributed by atoms with Crippen LogP contribution in [0.25, 0.3) is 0 Å². The van der Waals surface area contributed by atoms with E-state index in [-0.39, 0.29) is 11.6 Å². The number of H-pyrrole nitrogens is 1. The van der Waals surface area contributed by atoms with E-state index in [1.54, 1.807) is 27.8 Å². The average molecular weight is 313 g/mol. The van der Waals surface area contributed by atoms with Gasteiger partial charge in [0.05, 0.1) is 12.2 Å². The van der Waals surface area contributed by atoms with Crippen LogP contribution in [0.2, 0.25) is 0 Å². The molecule has 0 saturated heterocycles. The van der Waals surface area contributed by atoms with Gasteiger partial charge in [0.2, 0.25) is 5.89 Å². The third-order valence-corrected chi connectivity index (χ3v) is 4.50. The van der Waals surface area contributed by atoms with Gasteiger partial charge in [0.15, 0.2) is 5.03 Å². The van der Waals surface area contributed by atoms with Crippen molar-refractivity contribution in [1.29, 1.82) is 0 Å². The Morgan fingerprint density at radius 3 is 2.52 bits per heavy atom. The Balaban J connectivity index is 2.18. The molecule has 0 aliphatic heterocycles. The van der Waals surface area contributed by atoms with Gasteiger partial charge in [0.25, 0.3) is 10.0 Å². The van der Waals surface area contributed by atoms with Crippen LogP contribution in [-0.2, 0) is 23.1 Å². The molecular formula is C12H19N5O3S. The molecule has 0 spiro atoms. The Labute approximate surface area is 123 Å². The topological polar surface area (TPSA) is 113 Å². The van der Waals surface area contributed by atoms with E-state index in [9.17, 15) is 8.42 Å². The van der Waals surface area contributed by atoms with Crippen molar-refractivity contribution in [2.24, 2.45) is 0 Å². The van der Waals surface area contributed by atoms with Crippen LogP contribution in [0.5, 0.6) is 0 Å². The van der Waals surface area contributed by atoms with Crippen molar-refractivity contribution in [3.8, 4) is 0 Å². The lowest BCUT2D eigenvalue weighted by molar-refractivity contribution is 0.462. The standard InChI is InChI=1S/C12H19N5O3S/c1-7-9(3)20-11(15-7)6-14-21(18,19)12-10(5-13-4)8(2)16-17-12/h13-14H,5-6H2,1-4H3,(H,16,17). The van der Waals surface area contributed by atoms with Crippen LogP contribution in [0.3, 0.4) is 0 Å². The minimum absolute atomic E-state index is 0.00523. The molecule has 0 aliphatic carbocycles. The summed E-state index contributed by atoms with van der Waals surface area (Å²) in [7, 11) is -1.98. The molecule has 9 heteroatoms. The molecule has 0 atom stereocenters. The van der Waals surface area contributed by atoms with Crippen molar-refractivity contribution in [3.63, 3.8) is 0 Å². The minimum Gasteiger partial charge on any atom is -0.444 e. The lowest BCUT2D eigenvalue weighted by atomic mass is 10.3. The highest BCUT2D eigenvalue weighted by molar-refractivity contribution is 7.89. The van der Waals surface area contributed by atoms with Crippen LogP contribution < -0.4 is 10.0 Å². The van der Waals surface area contributed by atoms with E-state index in [0.717, 1.165) is 5.69 Å². The molecule has 8 nitrogen and oxygen atoms in total. The van der Waals surface area contributed by atoms with Gasteiger partial charge in [-0.05, 0) is 27.8 Å². The first-order valence-corrected chi connectivity index (χ1v) is 7.94. The molecule has 3 N–H and O–H groups in total. The number of aromatic nitrogens is 3. The largest absolute Gasteiger partial charge is 0.444 e. The van der Waals surface area contributed by atoms with E-state index < -0.39 is 10.0 Å². The number of aryl methyl sites for hydroxylation is 3. The Morgan fingerprint density at radius 2 is 1.95 bits per heavy atom. The molecule has 21 heavy (non-hydrogen) atoms. The second kappa shape index (κ2) is 5.96. The van der Waals surface area contributed by atoms with Gasteiger partial charge in [0.1, 0.15) is 5.76 Å². The molecule has 2 heterocycles. The number of hydrogen-bond donors (Lipinski definition) is 3. The van der Waals surface area contributed by atoms with E-state index in [2.05, 4.69) is 25.2 Å². The highest BCUT2D eigenvalue weighted by atomic mass is 32.2. The summed E-state index contributed by atoms with van der Waals surface area (Å²) in [5.74, 6) is 1.01. The summed E-state index contributed by atoms with van der Waals surface area (Å²) in [5, 5.41) is 9.49. The number of rotatable bonds is 6. The summed E-state index contributed by atoms with van der Waals surface area (Å²) >= 11 is 0. The predicted molar refractivity (Wildman–Crippen MR) is 76.1 cm³/mol. The zero-order valence-corrected chi connectivity index (χ0v) is 13.3. The quantitative estimate of drug-likeness (QED) is 0.716. The van der Waals surface area contributed by atoms with Crippen LogP contribution in [0, 0.1) is 20.8 Å². The first-order chi connectivity index (χ1) is 9.85. The van der Waals surface area contributed by atoms with Crippen molar-refractivity contribution in [2.45, 2.75) is 38.9 Å². The van der Waals surface area contributed by atoms with Crippen LogP contribution >= 0.6 is 0 Å². The van der Waals surface area contributed by atoms with Gasteiger partial charge < -0.3 is 9.73 Å². The fourth-order valence-corrected chi connectivity index (χ4v) is 3.04. The van der Waals surface area contributed by atoms with Crippen molar-refractivity contribution >= 4 is 10.0 Å². The summed E-state index contributed by atoms with van der Waals surface area (Å²) in [6.07, 6.45) is 0. The monoisotopic (exact) mass is 313 g/mol. The summed E-state index contributed by atoms with van der Waals surface area (Å²) in [6.45, 7) is 5.76. The van der Waals surface area contributed by atoms with Crippen molar-refractivity contribution in [2.75, 3.05) is 7.05 Å². The maximum atomic E-state index is 12.3. The number of sulfonamides is 1. The Morgan fingerprint density at radius 1 is 1.24 bits per heavy atom. The molecule has 0 fully saturated rings. The number of nitrogens with zero attached hydrogens (tertiary/aromatic N) is 2. The summed E-state index contributed by atoms with van der Waals surface area (Å²) in [5.41, 5.74) is 2.08. The van der Waals surface area contributed by atoms with E-state index in [1.165, 1.54) is 0 Å². The van der Waals surface area contributed by atoms with E-state index >= 15 is 0 Å². The molecule has 0 saturated carbocycles. The fourth-order valence-electron chi connectivity index (χ4n) is 1.88. The smallest absolute Gasteiger partial charge is 0.260 e. The molecule has 2 rings (SSSR count). The predicted octanol–water partition coefficient (Wildman–Crippen LogP) is 0.521. The zero-order valence-electron chi connectivity index (χ0n) is 12.4. The van der Waals surface area contributed by atoms with Crippen molar-refractivity contribution < 1.29 is 12.8 Å². The van der Waals surface area contributed by atoms with Gasteiger partial charge in [-0.15, -0.1) is 0 Å². The molecular weight excluding hydrogens is 294 g/mol. The fraction of sp³-hybridized carbons (Fsp3) is 0.500. The number of aromatic amines is 1.